The van der Waals surface area contributed by atoms with E-state index in [4.69, 9.17) is 15.9 Å². The molecule has 28 heavy (non-hydrogen) atoms. The van der Waals surface area contributed by atoms with E-state index in [0.717, 1.165) is 12.8 Å². The van der Waals surface area contributed by atoms with Crippen molar-refractivity contribution in [2.24, 2.45) is 23.5 Å². The van der Waals surface area contributed by atoms with Crippen LogP contribution < -0.4 is 19.9 Å². The number of rotatable bonds is 10. The molecule has 11 heteroatoms. The van der Waals surface area contributed by atoms with Crippen LogP contribution in [-0.2, 0) is 19.1 Å². The normalized spacial score (nSPS) is 25.2. The van der Waals surface area contributed by atoms with E-state index in [1.807, 2.05) is 13.8 Å². The molecule has 5 atom stereocenters. The minimum atomic E-state index is -1.05. The van der Waals surface area contributed by atoms with E-state index < -0.39 is 30.0 Å². The molecule has 0 spiro atoms. The van der Waals surface area contributed by atoms with Gasteiger partial charge in [0.2, 0.25) is 5.91 Å². The smallest absolute Gasteiger partial charge is 0.309 e. The molecule has 1 fully saturated rings. The predicted molar refractivity (Wildman–Crippen MR) is 112 cm³/mol. The van der Waals surface area contributed by atoms with Crippen LogP contribution in [0.2, 0.25) is 0 Å². The number of nitrogens with two attached hydrogens (primary N) is 1. The predicted octanol–water partition coefficient (Wildman–Crippen LogP) is 0.351. The van der Waals surface area contributed by atoms with Gasteiger partial charge in [0.1, 0.15) is 6.61 Å². The summed E-state index contributed by atoms with van der Waals surface area (Å²) in [7, 11) is 0. The lowest BCUT2D eigenvalue weighted by atomic mass is 9.80. The Kier molecular flexibility index (Phi) is 9.93. The maximum atomic E-state index is 11.9. The number of hydrogen-bond donors (Lipinski definition) is 6. The van der Waals surface area contributed by atoms with Crippen molar-refractivity contribution in [2.75, 3.05) is 6.61 Å². The third-order valence-corrected chi connectivity index (χ3v) is 5.86. The fourth-order valence-corrected chi connectivity index (χ4v) is 4.25. The van der Waals surface area contributed by atoms with Crippen LogP contribution >= 0.6 is 22.9 Å². The first-order valence-electron chi connectivity index (χ1n) is 9.27. The first-order chi connectivity index (χ1) is 13.2. The summed E-state index contributed by atoms with van der Waals surface area (Å²) in [5, 5.41) is 23.1. The number of nitrogens with one attached hydrogen (secondary N) is 4. The second kappa shape index (κ2) is 11.4. The van der Waals surface area contributed by atoms with Crippen molar-refractivity contribution in [3.05, 3.63) is 0 Å². The van der Waals surface area contributed by atoms with E-state index in [2.05, 4.69) is 14.2 Å². The summed E-state index contributed by atoms with van der Waals surface area (Å²) >= 11 is 1.69. The van der Waals surface area contributed by atoms with E-state index in [1.54, 1.807) is 22.9 Å². The minimum Gasteiger partial charge on any atom is -0.481 e. The molecule has 1 rings (SSSR count). The molecule has 0 saturated heterocycles. The van der Waals surface area contributed by atoms with Crippen LogP contribution in [-0.4, -0.2) is 53.6 Å². The van der Waals surface area contributed by atoms with Crippen molar-refractivity contribution >= 4 is 46.6 Å². The van der Waals surface area contributed by atoms with Crippen molar-refractivity contribution in [3.63, 3.8) is 0 Å². The number of aliphatic carboxylic acids is 1. The molecule has 0 radical (unpaired) electrons. The molecule has 0 aromatic carbocycles. The molecule has 0 bridgehead atoms. The highest BCUT2D eigenvalue weighted by molar-refractivity contribution is 14.1. The van der Waals surface area contributed by atoms with Crippen molar-refractivity contribution in [3.8, 4) is 0 Å². The van der Waals surface area contributed by atoms with Gasteiger partial charge in [-0.2, -0.15) is 0 Å². The van der Waals surface area contributed by atoms with E-state index in [1.165, 1.54) is 6.92 Å². The van der Waals surface area contributed by atoms with Crippen molar-refractivity contribution < 1.29 is 24.2 Å². The molecule has 10 nitrogen and oxygen atoms in total. The van der Waals surface area contributed by atoms with E-state index >= 15 is 0 Å². The number of hydrogen-bond acceptors (Lipinski definition) is 5. The highest BCUT2D eigenvalue weighted by Gasteiger charge is 2.52. The molecule has 0 aliphatic heterocycles. The van der Waals surface area contributed by atoms with Crippen LogP contribution in [0.25, 0.3) is 0 Å². The molecule has 0 aromatic rings. The summed E-state index contributed by atoms with van der Waals surface area (Å²) in [5.74, 6) is -3.25. The second-order valence-electron chi connectivity index (χ2n) is 7.02. The summed E-state index contributed by atoms with van der Waals surface area (Å²) in [6.45, 7) is 5.11. The van der Waals surface area contributed by atoms with Gasteiger partial charge in [-0.3, -0.25) is 23.3 Å². The minimum absolute atomic E-state index is 0.0715. The number of carboxylic acids is 1. The zero-order valence-corrected chi connectivity index (χ0v) is 18.5. The van der Waals surface area contributed by atoms with Gasteiger partial charge >= 0.3 is 5.97 Å². The average Bonchev–Trinajstić information content (AvgIpc) is 2.96. The van der Waals surface area contributed by atoms with Crippen LogP contribution in [0.15, 0.2) is 0 Å². The van der Waals surface area contributed by atoms with Gasteiger partial charge in [-0.15, -0.1) is 0 Å². The Bertz CT molecular complexity index is 586. The van der Waals surface area contributed by atoms with E-state index in [0.29, 0.717) is 0 Å². The van der Waals surface area contributed by atoms with Gasteiger partial charge < -0.3 is 26.2 Å². The monoisotopic (exact) mass is 511 g/mol. The van der Waals surface area contributed by atoms with Crippen molar-refractivity contribution in [2.45, 2.75) is 58.2 Å². The van der Waals surface area contributed by atoms with Gasteiger partial charge in [-0.1, -0.05) is 26.7 Å². The molecule has 1 saturated carbocycles. The van der Waals surface area contributed by atoms with Gasteiger partial charge in [0.15, 0.2) is 5.96 Å². The molecule has 0 aromatic heterocycles. The average molecular weight is 511 g/mol. The molecular formula is C17H30IN5O5. The van der Waals surface area contributed by atoms with Gasteiger partial charge in [0.25, 0.3) is 5.91 Å². The lowest BCUT2D eigenvalue weighted by Crippen LogP contribution is -2.55. The Balaban J connectivity index is 3.34. The maximum absolute atomic E-state index is 11.9. The Morgan fingerprint density at radius 2 is 1.93 bits per heavy atom. The largest absolute Gasteiger partial charge is 0.481 e. The zero-order valence-electron chi connectivity index (χ0n) is 16.3. The summed E-state index contributed by atoms with van der Waals surface area (Å²) in [4.78, 5) is 35.4. The van der Waals surface area contributed by atoms with E-state index in [9.17, 15) is 19.5 Å². The summed E-state index contributed by atoms with van der Waals surface area (Å²) in [6.07, 6.45) is 0.889. The second-order valence-corrected chi connectivity index (χ2v) is 7.56. The Morgan fingerprint density at radius 1 is 1.32 bits per heavy atom. The van der Waals surface area contributed by atoms with Crippen LogP contribution in [0.3, 0.4) is 0 Å². The third-order valence-electron chi connectivity index (χ3n) is 5.26. The number of halogens is 1. The molecular weight excluding hydrogens is 481 g/mol. The SMILES string of the molecule is CCC(CC)[C@@H](NC(C)=O)[C@@H]1[C@H](OCC(=O)NI)[C@@H](C(=O)O)C[C@H]1NC(=N)N. The van der Waals surface area contributed by atoms with Gasteiger partial charge in [-0.05, 0) is 12.3 Å². The number of ether oxygens (including phenoxy) is 1. The number of carbonyl (C=O) groups excluding carboxylic acids is 2. The number of carbonyl (C=O) groups is 3. The number of guanidine groups is 1. The molecule has 1 aliphatic rings. The van der Waals surface area contributed by atoms with Crippen molar-refractivity contribution in [1.29, 1.82) is 5.41 Å². The van der Waals surface area contributed by atoms with Gasteiger partial charge in [0, 0.05) is 24.9 Å². The first kappa shape index (κ1) is 24.4. The molecule has 2 amide bonds. The molecule has 7 N–H and O–H groups in total. The van der Waals surface area contributed by atoms with Crippen LogP contribution in [0.4, 0.5) is 0 Å². The fraction of sp³-hybridized carbons (Fsp3) is 0.765. The molecule has 160 valence electrons. The summed E-state index contributed by atoms with van der Waals surface area (Å²) < 4.78 is 8.17. The molecule has 0 unspecified atom stereocenters. The number of carboxylic acid groups (broad SMARTS) is 1. The fourth-order valence-electron chi connectivity index (χ4n) is 4.10. The van der Waals surface area contributed by atoms with Crippen molar-refractivity contribution in [1.82, 2.24) is 14.2 Å². The number of amides is 2. The standard InChI is InChI=1S/C17H30IN5O5/c1-4-9(5-2)14(21-8(3)24)13-11(22-17(19)20)6-10(16(26)27)15(13)28-7-12(25)23-18/h9-11,13-15H,4-7H2,1-3H3,(H,21,24)(H,23,25)(H,26,27)(H4,19,20,22)/t10-,11+,13+,14+,15+/m0/s1. The Labute approximate surface area is 178 Å². The highest BCUT2D eigenvalue weighted by Crippen LogP contribution is 2.39. The van der Waals surface area contributed by atoms with Crippen LogP contribution in [0.5, 0.6) is 0 Å². The quantitative estimate of drug-likeness (QED) is 0.107. The van der Waals surface area contributed by atoms with Crippen LogP contribution in [0.1, 0.15) is 40.0 Å². The highest BCUT2D eigenvalue weighted by atomic mass is 127. The lowest BCUT2D eigenvalue weighted by Gasteiger charge is -2.38. The zero-order chi connectivity index (χ0) is 21.4. The van der Waals surface area contributed by atoms with E-state index in [-0.39, 0.29) is 42.8 Å². The maximum Gasteiger partial charge on any atom is 0.309 e. The Morgan fingerprint density at radius 3 is 2.36 bits per heavy atom. The Hall–Kier alpha value is -1.63. The van der Waals surface area contributed by atoms with Gasteiger partial charge in [0.05, 0.1) is 34.9 Å². The topological polar surface area (TPSA) is 167 Å². The molecule has 1 aliphatic carbocycles. The third kappa shape index (κ3) is 6.47. The molecule has 0 heterocycles. The van der Waals surface area contributed by atoms with Gasteiger partial charge in [-0.25, -0.2) is 0 Å². The lowest BCUT2D eigenvalue weighted by molar-refractivity contribution is -0.149. The first-order valence-corrected chi connectivity index (χ1v) is 10.4. The summed E-state index contributed by atoms with van der Waals surface area (Å²) in [6, 6.07) is -0.870. The van der Waals surface area contributed by atoms with Crippen LogP contribution in [0, 0.1) is 23.2 Å². The summed E-state index contributed by atoms with van der Waals surface area (Å²) in [5.41, 5.74) is 5.52.